The molecule has 0 aliphatic heterocycles. The van der Waals surface area contributed by atoms with Crippen molar-refractivity contribution in [3.63, 3.8) is 0 Å². The molecule has 0 amide bonds. The van der Waals surface area contributed by atoms with Crippen LogP contribution in [-0.4, -0.2) is 16.2 Å². The minimum Gasteiger partial charge on any atom is -0.504 e. The molecule has 0 saturated carbocycles. The minimum absolute atomic E-state index is 0.244. The molecule has 5 nitrogen and oxygen atoms in total. The molecular weight excluding hydrogens is 198 g/mol. The van der Waals surface area contributed by atoms with Crippen LogP contribution in [-0.2, 0) is 9.53 Å². The number of aromatic hydroxyl groups is 2. The molecule has 0 atom stereocenters. The van der Waals surface area contributed by atoms with Crippen LogP contribution < -0.4 is 0 Å². The van der Waals surface area contributed by atoms with Gasteiger partial charge in [-0.25, -0.2) is 4.79 Å². The van der Waals surface area contributed by atoms with Gasteiger partial charge in [-0.1, -0.05) is 6.07 Å². The fourth-order valence-electron chi connectivity index (χ4n) is 0.887. The highest BCUT2D eigenvalue weighted by molar-refractivity contribution is 5.87. The number of hydrogen-bond acceptors (Lipinski definition) is 5. The van der Waals surface area contributed by atoms with Gasteiger partial charge in [0.15, 0.2) is 11.5 Å². The molecule has 0 heterocycles. The van der Waals surface area contributed by atoms with Gasteiger partial charge in [-0.2, -0.15) is 0 Å². The highest BCUT2D eigenvalue weighted by atomic mass is 16.5. The molecule has 0 radical (unpaired) electrons. The highest BCUT2D eigenvalue weighted by Crippen LogP contribution is 2.25. The van der Waals surface area contributed by atoms with E-state index in [4.69, 9.17) is 15.5 Å². The fourth-order valence-corrected chi connectivity index (χ4v) is 0.887. The summed E-state index contributed by atoms with van der Waals surface area (Å²) < 4.78 is 3.99. The van der Waals surface area contributed by atoms with Crippen LogP contribution in [0, 0.1) is 11.5 Å². The van der Waals surface area contributed by atoms with Crippen LogP contribution in [0.4, 0.5) is 0 Å². The topological polar surface area (TPSA) is 90.5 Å². The predicted octanol–water partition coefficient (Wildman–Crippen LogP) is 1.14. The van der Waals surface area contributed by atoms with E-state index in [2.05, 4.69) is 4.74 Å². The molecule has 2 N–H and O–H groups in total. The number of rotatable bonds is 2. The Labute approximate surface area is 85.5 Å². The van der Waals surface area contributed by atoms with Crippen molar-refractivity contribution in [3.05, 3.63) is 29.8 Å². The molecule has 15 heavy (non-hydrogen) atoms. The number of nitrogens with zero attached hydrogens (tertiary/aromatic N) is 1. The summed E-state index contributed by atoms with van der Waals surface area (Å²) in [6.07, 6.45) is 3.62. The van der Waals surface area contributed by atoms with E-state index in [0.717, 1.165) is 6.08 Å². The number of esters is 1. The first kappa shape index (κ1) is 10.6. The van der Waals surface area contributed by atoms with Gasteiger partial charge < -0.3 is 14.9 Å². The van der Waals surface area contributed by atoms with E-state index >= 15 is 0 Å². The standard InChI is InChI=1S/C10H7NO4/c11-6-15-10(14)4-2-7-1-3-8(12)9(13)5-7/h1-5,12-13H. The average molecular weight is 205 g/mol. The van der Waals surface area contributed by atoms with Crippen molar-refractivity contribution < 1.29 is 19.7 Å². The lowest BCUT2D eigenvalue weighted by Gasteiger charge is -1.97. The molecule has 1 aromatic rings. The lowest BCUT2D eigenvalue weighted by atomic mass is 10.2. The van der Waals surface area contributed by atoms with Crippen molar-refractivity contribution in [3.8, 4) is 17.8 Å². The van der Waals surface area contributed by atoms with Crippen molar-refractivity contribution >= 4 is 12.0 Å². The fraction of sp³-hybridized carbons (Fsp3) is 0. The van der Waals surface area contributed by atoms with E-state index in [1.807, 2.05) is 0 Å². The Morgan fingerprint density at radius 1 is 1.40 bits per heavy atom. The van der Waals surface area contributed by atoms with E-state index in [0.29, 0.717) is 5.56 Å². The van der Waals surface area contributed by atoms with Gasteiger partial charge in [-0.05, 0) is 23.8 Å². The number of nitriles is 1. The summed E-state index contributed by atoms with van der Waals surface area (Å²) in [6, 6.07) is 4.04. The van der Waals surface area contributed by atoms with E-state index in [1.165, 1.54) is 30.5 Å². The van der Waals surface area contributed by atoms with E-state index in [-0.39, 0.29) is 11.5 Å². The summed E-state index contributed by atoms with van der Waals surface area (Å²) in [4.78, 5) is 10.7. The number of carbonyl (C=O) groups is 1. The van der Waals surface area contributed by atoms with Gasteiger partial charge in [-0.3, -0.25) is 0 Å². The molecule has 76 valence electrons. The van der Waals surface area contributed by atoms with Crippen LogP contribution in [0.15, 0.2) is 24.3 Å². The SMILES string of the molecule is N#COC(=O)C=Cc1ccc(O)c(O)c1. The third kappa shape index (κ3) is 3.04. The summed E-state index contributed by atoms with van der Waals surface area (Å²) >= 11 is 0. The maximum Gasteiger partial charge on any atom is 0.346 e. The Morgan fingerprint density at radius 3 is 2.73 bits per heavy atom. The summed E-state index contributed by atoms with van der Waals surface area (Å²) in [5.41, 5.74) is 0.500. The number of phenolic OH excluding ortho intramolecular Hbond substituents is 2. The van der Waals surface area contributed by atoms with Crippen LogP contribution in [0.25, 0.3) is 6.08 Å². The third-order valence-corrected chi connectivity index (χ3v) is 1.56. The van der Waals surface area contributed by atoms with E-state index in [9.17, 15) is 4.79 Å². The lowest BCUT2D eigenvalue weighted by Crippen LogP contribution is -1.92. The first-order chi connectivity index (χ1) is 7.13. The Kier molecular flexibility index (Phi) is 3.30. The number of hydrogen-bond donors (Lipinski definition) is 2. The number of phenols is 2. The first-order valence-corrected chi connectivity index (χ1v) is 3.93. The second-order valence-corrected chi connectivity index (χ2v) is 2.59. The Bertz CT molecular complexity index is 445. The summed E-state index contributed by atoms with van der Waals surface area (Å²) in [5, 5.41) is 26.1. The van der Waals surface area contributed by atoms with Crippen LogP contribution in [0.2, 0.25) is 0 Å². The van der Waals surface area contributed by atoms with Crippen molar-refractivity contribution in [1.29, 1.82) is 5.26 Å². The summed E-state index contributed by atoms with van der Waals surface area (Å²) in [5.74, 6) is -1.33. The largest absolute Gasteiger partial charge is 0.504 e. The Hall–Kier alpha value is -2.48. The van der Waals surface area contributed by atoms with Gasteiger partial charge in [-0.15, -0.1) is 5.26 Å². The first-order valence-electron chi connectivity index (χ1n) is 3.93. The van der Waals surface area contributed by atoms with Gasteiger partial charge >= 0.3 is 5.97 Å². The Morgan fingerprint density at radius 2 is 2.13 bits per heavy atom. The third-order valence-electron chi connectivity index (χ3n) is 1.56. The van der Waals surface area contributed by atoms with Crippen molar-refractivity contribution in [2.24, 2.45) is 0 Å². The summed E-state index contributed by atoms with van der Waals surface area (Å²) in [7, 11) is 0. The monoisotopic (exact) mass is 205 g/mol. The second-order valence-electron chi connectivity index (χ2n) is 2.59. The van der Waals surface area contributed by atoms with Gasteiger partial charge in [0.05, 0.1) is 0 Å². The molecule has 1 aromatic carbocycles. The van der Waals surface area contributed by atoms with Crippen LogP contribution in [0.1, 0.15) is 5.56 Å². The zero-order valence-corrected chi connectivity index (χ0v) is 7.54. The molecule has 0 aliphatic rings. The van der Waals surface area contributed by atoms with E-state index in [1.54, 1.807) is 0 Å². The molecule has 0 bridgehead atoms. The number of carbonyl (C=O) groups excluding carboxylic acids is 1. The zero-order valence-electron chi connectivity index (χ0n) is 7.54. The summed E-state index contributed by atoms with van der Waals surface area (Å²) in [6.45, 7) is 0. The van der Waals surface area contributed by atoms with Gasteiger partial charge in [0.1, 0.15) is 0 Å². The second kappa shape index (κ2) is 4.67. The maximum atomic E-state index is 10.7. The molecule has 0 unspecified atom stereocenters. The van der Waals surface area contributed by atoms with Gasteiger partial charge in [0.25, 0.3) is 6.26 Å². The average Bonchev–Trinajstić information content (AvgIpc) is 2.20. The van der Waals surface area contributed by atoms with Gasteiger partial charge in [0, 0.05) is 6.08 Å². The number of ether oxygens (including phenoxy) is 1. The maximum absolute atomic E-state index is 10.7. The lowest BCUT2D eigenvalue weighted by molar-refractivity contribution is -0.131. The van der Waals surface area contributed by atoms with Crippen LogP contribution in [0.5, 0.6) is 11.5 Å². The number of benzene rings is 1. The molecule has 0 saturated heterocycles. The molecule has 1 rings (SSSR count). The normalized spacial score (nSPS) is 9.80. The van der Waals surface area contributed by atoms with Crippen molar-refractivity contribution in [1.82, 2.24) is 0 Å². The van der Waals surface area contributed by atoms with Gasteiger partial charge in [0.2, 0.25) is 0 Å². The zero-order chi connectivity index (χ0) is 11.3. The molecule has 5 heteroatoms. The van der Waals surface area contributed by atoms with Crippen LogP contribution >= 0.6 is 0 Å². The highest BCUT2D eigenvalue weighted by Gasteiger charge is 1.99. The molecular formula is C10H7NO4. The predicted molar refractivity (Wildman–Crippen MR) is 50.5 cm³/mol. The molecule has 0 aromatic heterocycles. The quantitative estimate of drug-likeness (QED) is 0.327. The molecule has 0 spiro atoms. The molecule has 0 fully saturated rings. The van der Waals surface area contributed by atoms with Crippen molar-refractivity contribution in [2.75, 3.05) is 0 Å². The smallest absolute Gasteiger partial charge is 0.346 e. The van der Waals surface area contributed by atoms with Crippen molar-refractivity contribution in [2.45, 2.75) is 0 Å². The Balaban J connectivity index is 2.78. The van der Waals surface area contributed by atoms with Crippen LogP contribution in [0.3, 0.4) is 0 Å². The molecule has 0 aliphatic carbocycles. The minimum atomic E-state index is -0.801. The van der Waals surface area contributed by atoms with E-state index < -0.39 is 5.97 Å².